The van der Waals surface area contributed by atoms with Crippen LogP contribution in [0.2, 0.25) is 0 Å². The van der Waals surface area contributed by atoms with Crippen LogP contribution in [0, 0.1) is 11.8 Å². The van der Waals surface area contributed by atoms with Gasteiger partial charge in [0.1, 0.15) is 18.6 Å². The molecule has 170 valence electrons. The van der Waals surface area contributed by atoms with Crippen LogP contribution in [-0.2, 0) is 24.0 Å². The van der Waals surface area contributed by atoms with Gasteiger partial charge in [-0.2, -0.15) is 0 Å². The maximum atomic E-state index is 13.0. The van der Waals surface area contributed by atoms with E-state index < -0.39 is 54.3 Å². The Morgan fingerprint density at radius 2 is 1.67 bits per heavy atom. The van der Waals surface area contributed by atoms with Crippen molar-refractivity contribution in [1.29, 1.82) is 0 Å². The predicted molar refractivity (Wildman–Crippen MR) is 108 cm³/mol. The maximum absolute atomic E-state index is 13.0. The molecule has 0 unspecified atom stereocenters. The first-order valence-corrected chi connectivity index (χ1v) is 10.1. The standard InChI is InChI=1S/C19H33N5O6/c1-10(2)15(20)18(29)21-8-13(25)23-16(11(3)4)19(30)24-7-5-6-12(24)17(28)22-9-14(26)27/h10-12,15-16H,5-9,20H2,1-4H3,(H,21,29)(H,22,28)(H,23,25)(H,26,27)/t12-,15-,16-/m0/s1. The molecule has 11 nitrogen and oxygen atoms in total. The van der Waals surface area contributed by atoms with E-state index in [9.17, 15) is 24.0 Å². The SMILES string of the molecule is CC(C)[C@H](N)C(=O)NCC(=O)N[C@H](C(=O)N1CCC[C@H]1C(=O)NCC(=O)O)C(C)C. The third kappa shape index (κ3) is 7.29. The number of carbonyl (C=O) groups is 5. The number of hydrogen-bond donors (Lipinski definition) is 5. The number of amides is 4. The molecule has 4 amide bonds. The summed E-state index contributed by atoms with van der Waals surface area (Å²) in [5.74, 6) is -3.48. The topological polar surface area (TPSA) is 171 Å². The number of nitrogens with zero attached hydrogens (tertiary/aromatic N) is 1. The van der Waals surface area contributed by atoms with Gasteiger partial charge in [-0.15, -0.1) is 0 Å². The highest BCUT2D eigenvalue weighted by atomic mass is 16.4. The second-order valence-electron chi connectivity index (χ2n) is 8.08. The molecule has 1 aliphatic rings. The molecule has 0 aromatic carbocycles. The Morgan fingerprint density at radius 3 is 2.20 bits per heavy atom. The molecule has 30 heavy (non-hydrogen) atoms. The van der Waals surface area contributed by atoms with E-state index >= 15 is 0 Å². The lowest BCUT2D eigenvalue weighted by Crippen LogP contribution is -2.56. The Labute approximate surface area is 176 Å². The lowest BCUT2D eigenvalue weighted by molar-refractivity contribution is -0.143. The Morgan fingerprint density at radius 1 is 1.03 bits per heavy atom. The van der Waals surface area contributed by atoms with Crippen molar-refractivity contribution in [3.8, 4) is 0 Å². The molecule has 0 radical (unpaired) electrons. The molecule has 1 fully saturated rings. The van der Waals surface area contributed by atoms with Crippen LogP contribution in [0.25, 0.3) is 0 Å². The van der Waals surface area contributed by atoms with Crippen molar-refractivity contribution in [3.05, 3.63) is 0 Å². The van der Waals surface area contributed by atoms with Gasteiger partial charge in [0.15, 0.2) is 0 Å². The summed E-state index contributed by atoms with van der Waals surface area (Å²) in [5.41, 5.74) is 5.73. The second kappa shape index (κ2) is 11.5. The van der Waals surface area contributed by atoms with E-state index in [1.807, 2.05) is 0 Å². The second-order valence-corrected chi connectivity index (χ2v) is 8.08. The zero-order valence-corrected chi connectivity index (χ0v) is 17.9. The van der Waals surface area contributed by atoms with Crippen LogP contribution in [0.1, 0.15) is 40.5 Å². The van der Waals surface area contributed by atoms with E-state index in [0.29, 0.717) is 19.4 Å². The molecule has 1 heterocycles. The molecular formula is C19H33N5O6. The Hall–Kier alpha value is -2.69. The number of hydrogen-bond acceptors (Lipinski definition) is 6. The van der Waals surface area contributed by atoms with Crippen molar-refractivity contribution >= 4 is 29.6 Å². The molecule has 1 rings (SSSR count). The number of carbonyl (C=O) groups excluding carboxylic acids is 4. The van der Waals surface area contributed by atoms with E-state index in [4.69, 9.17) is 10.8 Å². The van der Waals surface area contributed by atoms with Crippen molar-refractivity contribution in [1.82, 2.24) is 20.9 Å². The highest BCUT2D eigenvalue weighted by Crippen LogP contribution is 2.20. The van der Waals surface area contributed by atoms with Crippen LogP contribution < -0.4 is 21.7 Å². The summed E-state index contributed by atoms with van der Waals surface area (Å²) in [6, 6.07) is -2.41. The monoisotopic (exact) mass is 427 g/mol. The van der Waals surface area contributed by atoms with Crippen molar-refractivity contribution in [2.45, 2.75) is 58.7 Å². The van der Waals surface area contributed by atoms with Crippen molar-refractivity contribution in [2.75, 3.05) is 19.6 Å². The predicted octanol–water partition coefficient (Wildman–Crippen LogP) is -1.58. The summed E-state index contributed by atoms with van der Waals surface area (Å²) >= 11 is 0. The first kappa shape index (κ1) is 25.3. The van der Waals surface area contributed by atoms with Gasteiger partial charge in [0, 0.05) is 6.54 Å². The van der Waals surface area contributed by atoms with E-state index in [0.717, 1.165) is 0 Å². The lowest BCUT2D eigenvalue weighted by Gasteiger charge is -2.30. The zero-order valence-electron chi connectivity index (χ0n) is 17.9. The van der Waals surface area contributed by atoms with Crippen LogP contribution >= 0.6 is 0 Å². The molecule has 11 heteroatoms. The van der Waals surface area contributed by atoms with Crippen molar-refractivity contribution < 1.29 is 29.1 Å². The average molecular weight is 428 g/mol. The Kier molecular flexibility index (Phi) is 9.70. The fraction of sp³-hybridized carbons (Fsp3) is 0.737. The van der Waals surface area contributed by atoms with E-state index in [1.165, 1.54) is 4.90 Å². The molecule has 1 saturated heterocycles. The van der Waals surface area contributed by atoms with Gasteiger partial charge in [-0.3, -0.25) is 24.0 Å². The first-order chi connectivity index (χ1) is 14.0. The minimum Gasteiger partial charge on any atom is -0.480 e. The average Bonchev–Trinajstić information content (AvgIpc) is 3.16. The molecule has 0 spiro atoms. The normalized spacial score (nSPS) is 18.1. The maximum Gasteiger partial charge on any atom is 0.322 e. The number of carboxylic acids is 1. The van der Waals surface area contributed by atoms with E-state index in [-0.39, 0.29) is 18.4 Å². The lowest BCUT2D eigenvalue weighted by atomic mass is 10.0. The fourth-order valence-corrected chi connectivity index (χ4v) is 3.09. The van der Waals surface area contributed by atoms with Crippen molar-refractivity contribution in [3.63, 3.8) is 0 Å². The highest BCUT2D eigenvalue weighted by molar-refractivity contribution is 5.94. The largest absolute Gasteiger partial charge is 0.480 e. The number of nitrogens with two attached hydrogens (primary N) is 1. The smallest absolute Gasteiger partial charge is 0.322 e. The molecule has 0 bridgehead atoms. The molecule has 0 saturated carbocycles. The zero-order chi connectivity index (χ0) is 23.0. The van der Waals surface area contributed by atoms with Crippen LogP contribution in [-0.4, -0.2) is 77.4 Å². The summed E-state index contributed by atoms with van der Waals surface area (Å²) in [4.78, 5) is 61.5. The molecule has 6 N–H and O–H groups in total. The van der Waals surface area contributed by atoms with Gasteiger partial charge in [-0.25, -0.2) is 0 Å². The summed E-state index contributed by atoms with van der Waals surface area (Å²) in [7, 11) is 0. The molecule has 0 aromatic heterocycles. The molecular weight excluding hydrogens is 394 g/mol. The molecule has 0 aromatic rings. The minimum atomic E-state index is -1.18. The molecule has 0 aliphatic carbocycles. The number of carboxylic acid groups (broad SMARTS) is 1. The summed E-state index contributed by atoms with van der Waals surface area (Å²) in [6.45, 7) is 6.58. The summed E-state index contributed by atoms with van der Waals surface area (Å²) in [6.07, 6.45) is 1.01. The summed E-state index contributed by atoms with van der Waals surface area (Å²) in [5, 5.41) is 16.1. The van der Waals surface area contributed by atoms with Gasteiger partial charge in [0.2, 0.25) is 23.6 Å². The van der Waals surface area contributed by atoms with Crippen LogP contribution in [0.5, 0.6) is 0 Å². The van der Waals surface area contributed by atoms with Crippen molar-refractivity contribution in [2.24, 2.45) is 17.6 Å². The molecule has 1 aliphatic heterocycles. The first-order valence-electron chi connectivity index (χ1n) is 10.1. The van der Waals surface area contributed by atoms with Gasteiger partial charge in [-0.1, -0.05) is 27.7 Å². The van der Waals surface area contributed by atoms with Gasteiger partial charge in [-0.05, 0) is 24.7 Å². The van der Waals surface area contributed by atoms with Gasteiger partial charge < -0.3 is 31.7 Å². The minimum absolute atomic E-state index is 0.0857. The van der Waals surface area contributed by atoms with E-state index in [2.05, 4.69) is 16.0 Å². The van der Waals surface area contributed by atoms with Gasteiger partial charge in [0.05, 0.1) is 12.6 Å². The molecule has 3 atom stereocenters. The fourth-order valence-electron chi connectivity index (χ4n) is 3.09. The third-order valence-corrected chi connectivity index (χ3v) is 4.95. The number of likely N-dealkylation sites (tertiary alicyclic amines) is 1. The van der Waals surface area contributed by atoms with Gasteiger partial charge in [0.25, 0.3) is 0 Å². The number of nitrogens with one attached hydrogen (secondary N) is 3. The third-order valence-electron chi connectivity index (χ3n) is 4.95. The van der Waals surface area contributed by atoms with Crippen LogP contribution in [0.3, 0.4) is 0 Å². The number of aliphatic carboxylic acids is 1. The quantitative estimate of drug-likeness (QED) is 0.280. The van der Waals surface area contributed by atoms with Crippen LogP contribution in [0.15, 0.2) is 0 Å². The van der Waals surface area contributed by atoms with Gasteiger partial charge >= 0.3 is 5.97 Å². The highest BCUT2D eigenvalue weighted by Gasteiger charge is 2.38. The van der Waals surface area contributed by atoms with E-state index in [1.54, 1.807) is 27.7 Å². The Bertz CT molecular complexity index is 666. The Balaban J connectivity index is 2.73. The van der Waals surface area contributed by atoms with Crippen LogP contribution in [0.4, 0.5) is 0 Å². The summed E-state index contributed by atoms with van der Waals surface area (Å²) < 4.78 is 0. The number of rotatable bonds is 10.